The number of aromatic nitrogens is 2. The second kappa shape index (κ2) is 9.78. The molecule has 7 aromatic rings. The Morgan fingerprint density at radius 1 is 0.478 bits per heavy atom. The molecular weight excluding hydrogens is 621 g/mol. The number of para-hydroxylation sites is 3. The zero-order valence-electron chi connectivity index (χ0n) is 23.0. The fourth-order valence-electron chi connectivity index (χ4n) is 6.12. The van der Waals surface area contributed by atoms with Crippen LogP contribution < -0.4 is 0 Å². The van der Waals surface area contributed by atoms with Crippen molar-refractivity contribution in [1.29, 1.82) is 5.26 Å². The molecule has 0 aliphatic heterocycles. The Morgan fingerprint density at radius 2 is 0.978 bits per heavy atom. The van der Waals surface area contributed by atoms with Gasteiger partial charge in [-0.3, -0.25) is 0 Å². The second-order valence-electron chi connectivity index (χ2n) is 10.7. The Kier molecular flexibility index (Phi) is 6.22. The average molecular weight is 638 g/mol. The van der Waals surface area contributed by atoms with Gasteiger partial charge in [0.1, 0.15) is 6.07 Å². The Bertz CT molecular complexity index is 2370. The first kappa shape index (κ1) is 29.3. The van der Waals surface area contributed by atoms with Gasteiger partial charge in [0.25, 0.3) is 0 Å². The second-order valence-corrected chi connectivity index (χ2v) is 10.7. The van der Waals surface area contributed by atoms with E-state index >= 15 is 0 Å². The molecule has 0 saturated heterocycles. The molecule has 0 spiro atoms. The molecule has 2 heterocycles. The summed E-state index contributed by atoms with van der Waals surface area (Å²) >= 11 is 0. The minimum absolute atomic E-state index is 0.0497. The van der Waals surface area contributed by atoms with Gasteiger partial charge in [0.05, 0.1) is 50.0 Å². The van der Waals surface area contributed by atoms with E-state index in [-0.39, 0.29) is 28.2 Å². The predicted molar refractivity (Wildman–Crippen MR) is 155 cm³/mol. The molecule has 0 aliphatic carbocycles. The molecule has 0 aliphatic rings. The third kappa shape index (κ3) is 4.45. The monoisotopic (exact) mass is 637 g/mol. The highest BCUT2D eigenvalue weighted by Gasteiger charge is 2.38. The average Bonchev–Trinajstić information content (AvgIpc) is 3.50. The summed E-state index contributed by atoms with van der Waals surface area (Å²) in [6.07, 6.45) is -15.0. The van der Waals surface area contributed by atoms with Gasteiger partial charge in [0.2, 0.25) is 0 Å². The summed E-state index contributed by atoms with van der Waals surface area (Å²) in [6.45, 7) is 0. The maximum absolute atomic E-state index is 14.4. The molecule has 0 bridgehead atoms. The molecule has 12 heteroatoms. The summed E-state index contributed by atoms with van der Waals surface area (Å²) in [7, 11) is 0. The largest absolute Gasteiger partial charge is 0.418 e. The Balaban J connectivity index is 1.66. The smallest absolute Gasteiger partial charge is 0.309 e. The van der Waals surface area contributed by atoms with Crippen molar-refractivity contribution in [2.75, 3.05) is 0 Å². The van der Waals surface area contributed by atoms with E-state index < -0.39 is 46.6 Å². The number of hydrogen-bond donors (Lipinski definition) is 0. The molecule has 0 amide bonds. The molecule has 0 unspecified atom stereocenters. The van der Waals surface area contributed by atoms with Crippen molar-refractivity contribution < 1.29 is 39.5 Å². The molecule has 2 aromatic heterocycles. The zero-order chi connectivity index (χ0) is 32.8. The van der Waals surface area contributed by atoms with Crippen molar-refractivity contribution in [3.05, 3.63) is 119 Å². The number of alkyl halides is 9. The predicted octanol–water partition coefficient (Wildman–Crippen LogP) is 10.8. The van der Waals surface area contributed by atoms with Crippen LogP contribution >= 0.6 is 0 Å². The van der Waals surface area contributed by atoms with Crippen LogP contribution in [0.1, 0.15) is 22.3 Å². The van der Waals surface area contributed by atoms with Crippen LogP contribution in [0.4, 0.5) is 39.5 Å². The Morgan fingerprint density at radius 3 is 1.48 bits per heavy atom. The van der Waals surface area contributed by atoms with Crippen molar-refractivity contribution in [3.8, 4) is 17.4 Å². The topological polar surface area (TPSA) is 33.6 Å². The lowest BCUT2D eigenvalue weighted by atomic mass is 10.1. The summed E-state index contributed by atoms with van der Waals surface area (Å²) in [6, 6.07) is 22.3. The van der Waals surface area contributed by atoms with Crippen molar-refractivity contribution >= 4 is 43.6 Å². The lowest BCUT2D eigenvalue weighted by Gasteiger charge is -2.17. The standard InChI is InChI=1S/C34H16F9N3/c35-32(36,37)19-12-20(33(38,39)40)14-21(13-19)45-27-10-3-1-7-22(27)24-16-30-25(15-29(24)45)23-8-2-4-11-28(23)46(30)31-18(17-44)6-5-9-26(31)34(41,42)43/h1-16H. The van der Waals surface area contributed by atoms with Crippen LogP contribution in [-0.2, 0) is 18.5 Å². The van der Waals surface area contributed by atoms with Gasteiger partial charge >= 0.3 is 18.5 Å². The first-order chi connectivity index (χ1) is 21.7. The number of fused-ring (bicyclic) bond motifs is 6. The summed E-state index contributed by atoms with van der Waals surface area (Å²) in [5.74, 6) is 0. The van der Waals surface area contributed by atoms with Crippen LogP contribution in [0.3, 0.4) is 0 Å². The lowest BCUT2D eigenvalue weighted by Crippen LogP contribution is -2.12. The quantitative estimate of drug-likeness (QED) is 0.174. The van der Waals surface area contributed by atoms with Crippen LogP contribution in [0.2, 0.25) is 0 Å². The van der Waals surface area contributed by atoms with Crippen molar-refractivity contribution in [1.82, 2.24) is 9.13 Å². The number of halogens is 9. The molecule has 46 heavy (non-hydrogen) atoms. The Hall–Kier alpha value is -5.44. The van der Waals surface area contributed by atoms with E-state index in [1.54, 1.807) is 54.6 Å². The fourth-order valence-corrected chi connectivity index (χ4v) is 6.12. The third-order valence-corrected chi connectivity index (χ3v) is 7.98. The highest BCUT2D eigenvalue weighted by Crippen LogP contribution is 2.44. The van der Waals surface area contributed by atoms with Crippen LogP contribution in [-0.4, -0.2) is 9.13 Å². The number of nitrogens with zero attached hydrogens (tertiary/aromatic N) is 3. The number of benzene rings is 5. The van der Waals surface area contributed by atoms with Gasteiger partial charge in [-0.15, -0.1) is 0 Å². The molecule has 0 saturated carbocycles. The van der Waals surface area contributed by atoms with Crippen molar-refractivity contribution in [2.24, 2.45) is 0 Å². The molecule has 230 valence electrons. The molecule has 0 N–H and O–H groups in total. The van der Waals surface area contributed by atoms with Crippen LogP contribution in [0.15, 0.2) is 97.1 Å². The minimum Gasteiger partial charge on any atom is -0.309 e. The van der Waals surface area contributed by atoms with Crippen LogP contribution in [0.25, 0.3) is 55.0 Å². The normalized spacial score (nSPS) is 12.9. The van der Waals surface area contributed by atoms with E-state index in [9.17, 15) is 44.8 Å². The van der Waals surface area contributed by atoms with Crippen LogP contribution in [0.5, 0.6) is 0 Å². The van der Waals surface area contributed by atoms with Gasteiger partial charge < -0.3 is 9.13 Å². The maximum Gasteiger partial charge on any atom is 0.418 e. The Labute approximate surface area is 252 Å². The molecule has 0 fully saturated rings. The van der Waals surface area contributed by atoms with Gasteiger partial charge in [-0.05, 0) is 54.6 Å². The number of hydrogen-bond acceptors (Lipinski definition) is 1. The molecule has 5 aromatic carbocycles. The van der Waals surface area contributed by atoms with Gasteiger partial charge in [0.15, 0.2) is 0 Å². The molecule has 0 radical (unpaired) electrons. The first-order valence-corrected chi connectivity index (χ1v) is 13.6. The maximum atomic E-state index is 14.4. The summed E-state index contributed by atoms with van der Waals surface area (Å²) in [5.41, 5.74) is -4.01. The van der Waals surface area contributed by atoms with Gasteiger partial charge in [0, 0.05) is 27.2 Å². The van der Waals surface area contributed by atoms with E-state index in [1.807, 2.05) is 6.07 Å². The van der Waals surface area contributed by atoms with E-state index in [0.29, 0.717) is 39.2 Å². The van der Waals surface area contributed by atoms with Crippen molar-refractivity contribution in [2.45, 2.75) is 18.5 Å². The molecule has 7 rings (SSSR count). The highest BCUT2D eigenvalue weighted by molar-refractivity contribution is 6.19. The van der Waals surface area contributed by atoms with E-state index in [1.165, 1.54) is 21.3 Å². The molecule has 0 atom stereocenters. The summed E-state index contributed by atoms with van der Waals surface area (Å²) in [5, 5.41) is 11.5. The zero-order valence-corrected chi connectivity index (χ0v) is 23.0. The highest BCUT2D eigenvalue weighted by atomic mass is 19.4. The van der Waals surface area contributed by atoms with Gasteiger partial charge in [-0.2, -0.15) is 44.8 Å². The van der Waals surface area contributed by atoms with Crippen LogP contribution in [0, 0.1) is 11.3 Å². The van der Waals surface area contributed by atoms with Gasteiger partial charge in [-0.25, -0.2) is 0 Å². The van der Waals surface area contributed by atoms with E-state index in [0.717, 1.165) is 12.1 Å². The van der Waals surface area contributed by atoms with Gasteiger partial charge in [-0.1, -0.05) is 42.5 Å². The third-order valence-electron chi connectivity index (χ3n) is 7.98. The van der Waals surface area contributed by atoms with E-state index in [2.05, 4.69) is 0 Å². The van der Waals surface area contributed by atoms with Crippen molar-refractivity contribution in [3.63, 3.8) is 0 Å². The summed E-state index contributed by atoms with van der Waals surface area (Å²) < 4.78 is 129. The first-order valence-electron chi connectivity index (χ1n) is 13.6. The van der Waals surface area contributed by atoms with E-state index in [4.69, 9.17) is 0 Å². The SMILES string of the molecule is N#Cc1cccc(C(F)(F)F)c1-n1c2ccccc2c2cc3c(cc21)c1ccccc1n3-c1cc(C(F)(F)F)cc(C(F)(F)F)c1. The fraction of sp³-hybridized carbons (Fsp3) is 0.0882. The summed E-state index contributed by atoms with van der Waals surface area (Å²) in [4.78, 5) is 0. The number of nitriles is 1. The number of rotatable bonds is 2. The lowest BCUT2D eigenvalue weighted by molar-refractivity contribution is -0.143. The molecule has 3 nitrogen and oxygen atoms in total. The molecular formula is C34H16F9N3. The minimum atomic E-state index is -5.08.